The van der Waals surface area contributed by atoms with Gasteiger partial charge in [0.15, 0.2) is 5.13 Å². The van der Waals surface area contributed by atoms with E-state index in [-0.39, 0.29) is 22.7 Å². The minimum Gasteiger partial charge on any atom is -0.349 e. The average molecular weight is 393 g/mol. The lowest BCUT2D eigenvalue weighted by Crippen LogP contribution is -2.26. The van der Waals surface area contributed by atoms with E-state index >= 15 is 0 Å². The number of nitriles is 1. The van der Waals surface area contributed by atoms with Gasteiger partial charge in [0.2, 0.25) is 0 Å². The van der Waals surface area contributed by atoms with E-state index in [9.17, 15) is 10.1 Å². The first-order valence-corrected chi connectivity index (χ1v) is 9.15. The van der Waals surface area contributed by atoms with Crippen molar-refractivity contribution in [2.75, 3.05) is 5.32 Å². The number of hydrogen-bond donors (Lipinski definition) is 2. The van der Waals surface area contributed by atoms with Gasteiger partial charge in [-0.05, 0) is 43.5 Å². The molecule has 0 saturated heterocycles. The number of halogens is 2. The van der Waals surface area contributed by atoms with Crippen LogP contribution in [0, 0.1) is 18.3 Å². The largest absolute Gasteiger partial charge is 0.349 e. The summed E-state index contributed by atoms with van der Waals surface area (Å²) < 4.78 is 0. The molecule has 1 aromatic heterocycles. The Hall–Kier alpha value is -2.07. The number of carbonyl (C=O) groups excluding carboxylic acids is 1. The molecule has 2 aromatic rings. The Morgan fingerprint density at radius 2 is 2.20 bits per heavy atom. The highest BCUT2D eigenvalue weighted by atomic mass is 35.5. The topological polar surface area (TPSA) is 77.8 Å². The molecule has 1 aliphatic carbocycles. The van der Waals surface area contributed by atoms with Crippen molar-refractivity contribution in [2.24, 2.45) is 0 Å². The number of thiazole rings is 1. The van der Waals surface area contributed by atoms with Crippen molar-refractivity contribution >= 4 is 57.3 Å². The highest BCUT2D eigenvalue weighted by Crippen LogP contribution is 2.32. The van der Waals surface area contributed by atoms with Crippen LogP contribution in [-0.2, 0) is 4.79 Å². The van der Waals surface area contributed by atoms with Gasteiger partial charge in [0.25, 0.3) is 5.91 Å². The fourth-order valence-corrected chi connectivity index (χ4v) is 3.33. The lowest BCUT2D eigenvalue weighted by Gasteiger charge is -2.04. The van der Waals surface area contributed by atoms with Crippen LogP contribution >= 0.6 is 34.5 Å². The van der Waals surface area contributed by atoms with E-state index in [1.807, 2.05) is 25.1 Å². The molecule has 0 aliphatic heterocycles. The molecule has 1 amide bonds. The molecule has 25 heavy (non-hydrogen) atoms. The molecule has 8 heteroatoms. The molecule has 1 heterocycles. The number of aryl methyl sites for hydroxylation is 1. The lowest BCUT2D eigenvalue weighted by molar-refractivity contribution is -0.117. The number of aromatic nitrogens is 1. The maximum absolute atomic E-state index is 12.0. The first-order valence-electron chi connectivity index (χ1n) is 7.58. The van der Waals surface area contributed by atoms with Crippen molar-refractivity contribution < 1.29 is 4.79 Å². The fourth-order valence-electron chi connectivity index (χ4n) is 2.02. The molecule has 128 valence electrons. The predicted octanol–water partition coefficient (Wildman–Crippen LogP) is 4.69. The van der Waals surface area contributed by atoms with Gasteiger partial charge in [-0.3, -0.25) is 4.79 Å². The van der Waals surface area contributed by atoms with Crippen molar-refractivity contribution in [1.82, 2.24) is 10.3 Å². The predicted molar refractivity (Wildman–Crippen MR) is 101 cm³/mol. The Morgan fingerprint density at radius 3 is 2.84 bits per heavy atom. The molecule has 1 saturated carbocycles. The van der Waals surface area contributed by atoms with Gasteiger partial charge >= 0.3 is 0 Å². The number of rotatable bonds is 5. The minimum absolute atomic E-state index is 0.0161. The Morgan fingerprint density at radius 1 is 1.44 bits per heavy atom. The van der Waals surface area contributed by atoms with E-state index < -0.39 is 0 Å². The summed E-state index contributed by atoms with van der Waals surface area (Å²) in [6.45, 7) is 1.92. The van der Waals surface area contributed by atoms with Crippen molar-refractivity contribution in [3.8, 4) is 6.07 Å². The first kappa shape index (κ1) is 17.7. The summed E-state index contributed by atoms with van der Waals surface area (Å²) in [7, 11) is 0. The van der Waals surface area contributed by atoms with Crippen molar-refractivity contribution in [3.63, 3.8) is 0 Å². The first-order chi connectivity index (χ1) is 12.0. The summed E-state index contributed by atoms with van der Waals surface area (Å²) in [6.07, 6.45) is 3.38. The highest BCUT2D eigenvalue weighted by molar-refractivity contribution is 7.17. The summed E-state index contributed by atoms with van der Waals surface area (Å²) in [5, 5.41) is 16.6. The van der Waals surface area contributed by atoms with Gasteiger partial charge in [-0.25, -0.2) is 4.98 Å². The van der Waals surface area contributed by atoms with Crippen LogP contribution in [0.25, 0.3) is 6.08 Å². The second kappa shape index (κ2) is 7.44. The Labute approximate surface area is 159 Å². The third-order valence-corrected chi connectivity index (χ3v) is 5.31. The Bertz CT molecular complexity index is 897. The van der Waals surface area contributed by atoms with Crippen LogP contribution in [0.3, 0.4) is 0 Å². The fraction of sp³-hybridized carbons (Fsp3) is 0.235. The smallest absolute Gasteiger partial charge is 0.262 e. The molecule has 3 rings (SSSR count). The van der Waals surface area contributed by atoms with Gasteiger partial charge in [0.1, 0.15) is 16.8 Å². The van der Waals surface area contributed by atoms with Crippen LogP contribution in [-0.4, -0.2) is 16.9 Å². The molecule has 1 aromatic carbocycles. The summed E-state index contributed by atoms with van der Waals surface area (Å²) >= 11 is 13.5. The molecule has 0 atom stereocenters. The van der Waals surface area contributed by atoms with E-state index in [1.165, 1.54) is 17.4 Å². The van der Waals surface area contributed by atoms with Gasteiger partial charge in [0, 0.05) is 16.8 Å². The van der Waals surface area contributed by atoms with Gasteiger partial charge < -0.3 is 10.6 Å². The van der Waals surface area contributed by atoms with Gasteiger partial charge in [-0.2, -0.15) is 5.26 Å². The molecule has 0 radical (unpaired) electrons. The maximum Gasteiger partial charge on any atom is 0.262 e. The number of hydrogen-bond acceptors (Lipinski definition) is 5. The van der Waals surface area contributed by atoms with E-state index in [4.69, 9.17) is 23.2 Å². The molecular weight excluding hydrogens is 379 g/mol. The molecule has 0 spiro atoms. The summed E-state index contributed by atoms with van der Waals surface area (Å²) in [5.41, 5.74) is 1.78. The molecule has 5 nitrogen and oxygen atoms in total. The highest BCUT2D eigenvalue weighted by Gasteiger charge is 2.25. The monoisotopic (exact) mass is 392 g/mol. The summed E-state index contributed by atoms with van der Waals surface area (Å²) in [4.78, 5) is 16.8. The molecular formula is C17H14Cl2N4OS. The van der Waals surface area contributed by atoms with E-state index in [0.717, 1.165) is 24.1 Å². The Balaban J connectivity index is 1.79. The van der Waals surface area contributed by atoms with Crippen molar-refractivity contribution in [1.29, 1.82) is 5.26 Å². The standard InChI is InChI=1S/C17H14Cl2N4OS/c1-9-2-3-12(7-13(9)18)22-17-23-15(19)14(25-17)6-10(8-20)16(24)21-11-4-5-11/h2-3,6-7,11H,4-5H2,1H3,(H,21,24)(H,22,23)/b10-6+. The molecule has 1 aliphatic rings. The second-order valence-corrected chi connectivity index (χ2v) is 7.48. The van der Waals surface area contributed by atoms with Crippen LogP contribution < -0.4 is 10.6 Å². The van der Waals surface area contributed by atoms with E-state index in [0.29, 0.717) is 15.0 Å². The van der Waals surface area contributed by atoms with Crippen LogP contribution in [0.2, 0.25) is 10.2 Å². The number of benzene rings is 1. The summed E-state index contributed by atoms with van der Waals surface area (Å²) in [5.74, 6) is -0.380. The number of anilines is 2. The van der Waals surface area contributed by atoms with E-state index in [2.05, 4.69) is 15.6 Å². The molecule has 1 fully saturated rings. The average Bonchev–Trinajstić information content (AvgIpc) is 3.31. The van der Waals surface area contributed by atoms with Gasteiger partial charge in [0.05, 0.1) is 4.88 Å². The third kappa shape index (κ3) is 4.51. The number of nitrogens with one attached hydrogen (secondary N) is 2. The second-order valence-electron chi connectivity index (χ2n) is 5.68. The van der Waals surface area contributed by atoms with E-state index in [1.54, 1.807) is 6.07 Å². The van der Waals surface area contributed by atoms with Crippen LogP contribution in [0.4, 0.5) is 10.8 Å². The normalized spacial score (nSPS) is 14.1. The maximum atomic E-state index is 12.0. The molecule has 0 bridgehead atoms. The number of carbonyl (C=O) groups is 1. The SMILES string of the molecule is Cc1ccc(Nc2nc(Cl)c(/C=C(\C#N)C(=O)NC3CC3)s2)cc1Cl. The van der Waals surface area contributed by atoms with Crippen LogP contribution in [0.15, 0.2) is 23.8 Å². The zero-order valence-corrected chi connectivity index (χ0v) is 15.6. The molecule has 2 N–H and O–H groups in total. The van der Waals surface area contributed by atoms with Gasteiger partial charge in [-0.1, -0.05) is 40.6 Å². The quantitative estimate of drug-likeness (QED) is 0.571. The third-order valence-electron chi connectivity index (χ3n) is 3.59. The Kier molecular flexibility index (Phi) is 5.28. The van der Waals surface area contributed by atoms with Crippen molar-refractivity contribution in [3.05, 3.63) is 44.4 Å². The van der Waals surface area contributed by atoms with Crippen molar-refractivity contribution in [2.45, 2.75) is 25.8 Å². The number of amides is 1. The number of nitrogens with zero attached hydrogens (tertiary/aromatic N) is 2. The van der Waals surface area contributed by atoms with Crippen LogP contribution in [0.1, 0.15) is 23.3 Å². The zero-order chi connectivity index (χ0) is 18.0. The lowest BCUT2D eigenvalue weighted by atomic mass is 10.2. The minimum atomic E-state index is -0.380. The van der Waals surface area contributed by atoms with Gasteiger partial charge in [-0.15, -0.1) is 0 Å². The van der Waals surface area contributed by atoms with Crippen LogP contribution in [0.5, 0.6) is 0 Å². The zero-order valence-electron chi connectivity index (χ0n) is 13.3. The molecule has 0 unspecified atom stereocenters. The summed E-state index contributed by atoms with van der Waals surface area (Å²) in [6, 6.07) is 7.68.